The van der Waals surface area contributed by atoms with Crippen molar-refractivity contribution in [3.05, 3.63) is 34.4 Å². The van der Waals surface area contributed by atoms with Crippen molar-refractivity contribution in [2.24, 2.45) is 0 Å². The topological polar surface area (TPSA) is 58.4 Å². The van der Waals surface area contributed by atoms with E-state index in [1.165, 1.54) is 6.42 Å². The molecular weight excluding hydrogens is 254 g/mol. The second kappa shape index (κ2) is 7.24. The summed E-state index contributed by atoms with van der Waals surface area (Å²) in [6.45, 7) is 5.57. The number of nitrogens with zero attached hydrogens (tertiary/aromatic N) is 2. The van der Waals surface area contributed by atoms with Crippen LogP contribution in [0, 0.1) is 10.1 Å². The summed E-state index contributed by atoms with van der Waals surface area (Å²) in [6.07, 6.45) is 4.46. The van der Waals surface area contributed by atoms with Crippen molar-refractivity contribution in [3.63, 3.8) is 0 Å². The number of nitrogens with one attached hydrogen (secondary N) is 1. The summed E-state index contributed by atoms with van der Waals surface area (Å²) in [6, 6.07) is 7.24. The fourth-order valence-electron chi connectivity index (χ4n) is 2.81. The fraction of sp³-hybridized carbons (Fsp3) is 0.600. The Morgan fingerprint density at radius 2 is 2.15 bits per heavy atom. The van der Waals surface area contributed by atoms with Gasteiger partial charge in [-0.15, -0.1) is 0 Å². The number of nitro benzene ring substituents is 1. The SMILES string of the molecule is CCCN1CCCC(Nc2ccccc2[N+](=O)[O-])CC1. The highest BCUT2D eigenvalue weighted by Crippen LogP contribution is 2.26. The monoisotopic (exact) mass is 277 g/mol. The summed E-state index contributed by atoms with van der Waals surface area (Å²) in [7, 11) is 0. The van der Waals surface area contributed by atoms with Crippen molar-refractivity contribution in [3.8, 4) is 0 Å². The predicted octanol–water partition coefficient (Wildman–Crippen LogP) is 3.27. The molecule has 20 heavy (non-hydrogen) atoms. The molecule has 1 heterocycles. The number of likely N-dealkylation sites (tertiary alicyclic amines) is 1. The molecule has 2 rings (SSSR count). The molecular formula is C15H23N3O2. The lowest BCUT2D eigenvalue weighted by Crippen LogP contribution is -2.27. The number of hydrogen-bond donors (Lipinski definition) is 1. The standard InChI is InChI=1S/C15H23N3O2/c1-2-10-17-11-5-6-13(9-12-17)16-14-7-3-4-8-15(14)18(19)20/h3-4,7-8,13,16H,2,5-6,9-12H2,1H3. The number of hydrogen-bond acceptors (Lipinski definition) is 4. The van der Waals surface area contributed by atoms with Crippen LogP contribution in [0.1, 0.15) is 32.6 Å². The Bertz CT molecular complexity index is 450. The minimum atomic E-state index is -0.317. The van der Waals surface area contributed by atoms with Crippen molar-refractivity contribution in [2.45, 2.75) is 38.6 Å². The van der Waals surface area contributed by atoms with Crippen LogP contribution in [0.2, 0.25) is 0 Å². The Morgan fingerprint density at radius 3 is 2.90 bits per heavy atom. The van der Waals surface area contributed by atoms with Gasteiger partial charge in [-0.1, -0.05) is 19.1 Å². The second-order valence-corrected chi connectivity index (χ2v) is 5.39. The van der Waals surface area contributed by atoms with Crippen LogP contribution in [0.4, 0.5) is 11.4 Å². The first-order valence-electron chi connectivity index (χ1n) is 7.43. The molecule has 1 N–H and O–H groups in total. The Balaban J connectivity index is 1.98. The summed E-state index contributed by atoms with van der Waals surface area (Å²) < 4.78 is 0. The summed E-state index contributed by atoms with van der Waals surface area (Å²) >= 11 is 0. The molecule has 110 valence electrons. The normalized spacial score (nSPS) is 20.4. The summed E-state index contributed by atoms with van der Waals surface area (Å²) in [4.78, 5) is 13.2. The molecule has 0 radical (unpaired) electrons. The average molecular weight is 277 g/mol. The molecule has 1 unspecified atom stereocenters. The summed E-state index contributed by atoms with van der Waals surface area (Å²) in [5.74, 6) is 0. The summed E-state index contributed by atoms with van der Waals surface area (Å²) in [5, 5.41) is 14.4. The first-order chi connectivity index (χ1) is 9.70. The third-order valence-electron chi connectivity index (χ3n) is 3.82. The van der Waals surface area contributed by atoms with Gasteiger partial charge < -0.3 is 10.2 Å². The van der Waals surface area contributed by atoms with Crippen molar-refractivity contribution >= 4 is 11.4 Å². The zero-order chi connectivity index (χ0) is 14.4. The smallest absolute Gasteiger partial charge is 0.292 e. The molecule has 1 aliphatic heterocycles. The van der Waals surface area contributed by atoms with E-state index in [4.69, 9.17) is 0 Å². The van der Waals surface area contributed by atoms with Gasteiger partial charge in [-0.05, 0) is 44.8 Å². The highest BCUT2D eigenvalue weighted by molar-refractivity contribution is 5.61. The number of nitro groups is 1. The molecule has 1 aromatic carbocycles. The lowest BCUT2D eigenvalue weighted by atomic mass is 10.1. The van der Waals surface area contributed by atoms with Gasteiger partial charge in [0, 0.05) is 18.7 Å². The zero-order valence-electron chi connectivity index (χ0n) is 12.0. The van der Waals surface area contributed by atoms with Gasteiger partial charge in [0.25, 0.3) is 5.69 Å². The van der Waals surface area contributed by atoms with Crippen LogP contribution in [0.25, 0.3) is 0 Å². The van der Waals surface area contributed by atoms with E-state index in [1.807, 2.05) is 6.07 Å². The Labute approximate surface area is 120 Å². The third-order valence-corrected chi connectivity index (χ3v) is 3.82. The Kier molecular flexibility index (Phi) is 5.35. The molecule has 1 fully saturated rings. The second-order valence-electron chi connectivity index (χ2n) is 5.39. The van der Waals surface area contributed by atoms with Crippen LogP contribution in [0.3, 0.4) is 0 Å². The van der Waals surface area contributed by atoms with Crippen molar-refractivity contribution in [2.75, 3.05) is 25.0 Å². The molecule has 1 aliphatic rings. The highest BCUT2D eigenvalue weighted by Gasteiger charge is 2.19. The quantitative estimate of drug-likeness (QED) is 0.663. The third kappa shape index (κ3) is 3.93. The molecule has 1 saturated heterocycles. The number of para-hydroxylation sites is 2. The van der Waals surface area contributed by atoms with Crippen LogP contribution in [0.15, 0.2) is 24.3 Å². The van der Waals surface area contributed by atoms with Gasteiger partial charge in [-0.3, -0.25) is 10.1 Å². The van der Waals surface area contributed by atoms with Gasteiger partial charge in [-0.2, -0.15) is 0 Å². The van der Waals surface area contributed by atoms with E-state index in [2.05, 4.69) is 17.1 Å². The van der Waals surface area contributed by atoms with E-state index >= 15 is 0 Å². The molecule has 1 aromatic rings. The van der Waals surface area contributed by atoms with Gasteiger partial charge in [-0.25, -0.2) is 0 Å². The molecule has 0 bridgehead atoms. The van der Waals surface area contributed by atoms with E-state index in [0.717, 1.165) is 38.9 Å². The molecule has 0 aromatic heterocycles. The molecule has 1 atom stereocenters. The van der Waals surface area contributed by atoms with Gasteiger partial charge in [0.2, 0.25) is 0 Å². The minimum absolute atomic E-state index is 0.169. The van der Waals surface area contributed by atoms with E-state index in [-0.39, 0.29) is 10.6 Å². The van der Waals surface area contributed by atoms with Gasteiger partial charge >= 0.3 is 0 Å². The first kappa shape index (κ1) is 14.8. The van der Waals surface area contributed by atoms with Crippen molar-refractivity contribution < 1.29 is 4.92 Å². The number of rotatable bonds is 5. The Hall–Kier alpha value is -1.62. The van der Waals surface area contributed by atoms with Gasteiger partial charge in [0.1, 0.15) is 5.69 Å². The van der Waals surface area contributed by atoms with Crippen LogP contribution in [-0.2, 0) is 0 Å². The minimum Gasteiger partial charge on any atom is -0.377 e. The zero-order valence-corrected chi connectivity index (χ0v) is 12.0. The van der Waals surface area contributed by atoms with Crippen LogP contribution in [-0.4, -0.2) is 35.5 Å². The Morgan fingerprint density at radius 1 is 1.35 bits per heavy atom. The fourth-order valence-corrected chi connectivity index (χ4v) is 2.81. The largest absolute Gasteiger partial charge is 0.377 e. The van der Waals surface area contributed by atoms with E-state index in [1.54, 1.807) is 18.2 Å². The molecule has 0 aliphatic carbocycles. The maximum atomic E-state index is 11.0. The maximum absolute atomic E-state index is 11.0. The molecule has 5 heteroatoms. The van der Waals surface area contributed by atoms with E-state index in [9.17, 15) is 10.1 Å². The van der Waals surface area contributed by atoms with Crippen molar-refractivity contribution in [1.29, 1.82) is 0 Å². The number of benzene rings is 1. The average Bonchev–Trinajstić information content (AvgIpc) is 2.65. The lowest BCUT2D eigenvalue weighted by Gasteiger charge is -2.20. The molecule has 0 spiro atoms. The predicted molar refractivity (Wildman–Crippen MR) is 81.1 cm³/mol. The maximum Gasteiger partial charge on any atom is 0.292 e. The molecule has 5 nitrogen and oxygen atoms in total. The van der Waals surface area contributed by atoms with Crippen molar-refractivity contribution in [1.82, 2.24) is 4.90 Å². The van der Waals surface area contributed by atoms with E-state index in [0.29, 0.717) is 11.7 Å². The summed E-state index contributed by atoms with van der Waals surface area (Å²) in [5.41, 5.74) is 0.814. The van der Waals surface area contributed by atoms with Crippen LogP contribution >= 0.6 is 0 Å². The highest BCUT2D eigenvalue weighted by atomic mass is 16.6. The van der Waals surface area contributed by atoms with Crippen LogP contribution in [0.5, 0.6) is 0 Å². The van der Waals surface area contributed by atoms with E-state index < -0.39 is 0 Å². The molecule has 0 saturated carbocycles. The van der Waals surface area contributed by atoms with Crippen LogP contribution < -0.4 is 5.32 Å². The van der Waals surface area contributed by atoms with Gasteiger partial charge in [0.05, 0.1) is 4.92 Å². The number of anilines is 1. The van der Waals surface area contributed by atoms with Gasteiger partial charge in [0.15, 0.2) is 0 Å². The molecule has 0 amide bonds. The first-order valence-corrected chi connectivity index (χ1v) is 7.43. The lowest BCUT2D eigenvalue weighted by molar-refractivity contribution is -0.384.